The predicted molar refractivity (Wildman–Crippen MR) is 77.6 cm³/mol. The molecule has 0 spiro atoms. The van der Waals surface area contributed by atoms with E-state index in [4.69, 9.17) is 4.42 Å². The third-order valence-electron chi connectivity index (χ3n) is 3.48. The van der Waals surface area contributed by atoms with Crippen LogP contribution in [0.5, 0.6) is 0 Å². The molecular weight excluding hydrogens is 271 g/mol. The maximum absolute atomic E-state index is 13.3. The van der Waals surface area contributed by atoms with E-state index in [9.17, 15) is 9.18 Å². The topological polar surface area (TPSA) is 47.2 Å². The molecule has 0 aliphatic rings. The van der Waals surface area contributed by atoms with Crippen LogP contribution in [-0.4, -0.2) is 17.0 Å². The van der Waals surface area contributed by atoms with Crippen LogP contribution in [0.3, 0.4) is 0 Å². The number of carbonyl (C=O) groups is 1. The molecule has 3 aromatic rings. The molecule has 21 heavy (non-hydrogen) atoms. The molecule has 3 rings (SSSR count). The van der Waals surface area contributed by atoms with E-state index in [0.717, 1.165) is 11.1 Å². The van der Waals surface area contributed by atoms with Crippen LogP contribution in [0.2, 0.25) is 0 Å². The van der Waals surface area contributed by atoms with Crippen LogP contribution in [0.15, 0.2) is 47.1 Å². The molecule has 0 atom stereocenters. The van der Waals surface area contributed by atoms with Gasteiger partial charge in [0.05, 0.1) is 11.8 Å². The monoisotopic (exact) mass is 286 g/mol. The van der Waals surface area contributed by atoms with Crippen molar-refractivity contribution in [2.24, 2.45) is 7.05 Å². The zero-order valence-corrected chi connectivity index (χ0v) is 11.6. The summed E-state index contributed by atoms with van der Waals surface area (Å²) >= 11 is 0. The first-order valence-corrected chi connectivity index (χ1v) is 6.71. The van der Waals surface area contributed by atoms with Gasteiger partial charge in [-0.05, 0) is 36.4 Å². The number of fused-ring (bicyclic) bond motifs is 1. The van der Waals surface area contributed by atoms with Gasteiger partial charge in [0.15, 0.2) is 0 Å². The molecule has 2 aromatic heterocycles. The molecular formula is C16H15FN2O2. The summed E-state index contributed by atoms with van der Waals surface area (Å²) in [5, 5.41) is 3.68. The van der Waals surface area contributed by atoms with Crippen LogP contribution in [0.1, 0.15) is 16.2 Å². The molecule has 0 unspecified atom stereocenters. The highest BCUT2D eigenvalue weighted by molar-refractivity contribution is 5.98. The number of rotatable bonds is 4. The van der Waals surface area contributed by atoms with Crippen molar-refractivity contribution in [3.63, 3.8) is 0 Å². The first-order valence-electron chi connectivity index (χ1n) is 6.71. The summed E-state index contributed by atoms with van der Waals surface area (Å²) in [4.78, 5) is 12.2. The van der Waals surface area contributed by atoms with E-state index < -0.39 is 0 Å². The largest absolute Gasteiger partial charge is 0.469 e. The highest BCUT2D eigenvalue weighted by atomic mass is 19.1. The minimum Gasteiger partial charge on any atom is -0.469 e. The maximum atomic E-state index is 13.3. The zero-order chi connectivity index (χ0) is 14.8. The second-order valence-corrected chi connectivity index (χ2v) is 4.88. The Morgan fingerprint density at radius 1 is 1.33 bits per heavy atom. The number of nitrogens with one attached hydrogen (secondary N) is 1. The standard InChI is InChI=1S/C16H15FN2O2/c1-19-14-10-12(17)5-4-11(14)9-15(19)16(20)18-7-6-13-3-2-8-21-13/h2-5,8-10H,6-7H2,1H3,(H,18,20). The van der Waals surface area contributed by atoms with E-state index in [1.807, 2.05) is 12.1 Å². The van der Waals surface area contributed by atoms with Gasteiger partial charge in [-0.15, -0.1) is 0 Å². The average Bonchev–Trinajstić information content (AvgIpc) is 3.08. The second kappa shape index (κ2) is 5.44. The van der Waals surface area contributed by atoms with Crippen molar-refractivity contribution in [1.29, 1.82) is 0 Å². The van der Waals surface area contributed by atoms with E-state index in [1.165, 1.54) is 12.1 Å². The number of hydrogen-bond donors (Lipinski definition) is 1. The molecule has 0 bridgehead atoms. The van der Waals surface area contributed by atoms with Crippen LogP contribution < -0.4 is 5.32 Å². The fourth-order valence-electron chi connectivity index (χ4n) is 2.37. The average molecular weight is 286 g/mol. The summed E-state index contributed by atoms with van der Waals surface area (Å²) in [6.45, 7) is 0.488. The van der Waals surface area contributed by atoms with Gasteiger partial charge in [0, 0.05) is 25.4 Å². The first-order chi connectivity index (χ1) is 10.1. The third kappa shape index (κ3) is 2.67. The normalized spacial score (nSPS) is 11.0. The van der Waals surface area contributed by atoms with Gasteiger partial charge in [-0.25, -0.2) is 4.39 Å². The fourth-order valence-corrected chi connectivity index (χ4v) is 2.37. The first kappa shape index (κ1) is 13.4. The second-order valence-electron chi connectivity index (χ2n) is 4.88. The molecule has 0 fully saturated rings. The van der Waals surface area contributed by atoms with Crippen molar-refractivity contribution in [2.75, 3.05) is 6.54 Å². The molecule has 0 saturated heterocycles. The minimum atomic E-state index is -0.312. The van der Waals surface area contributed by atoms with E-state index >= 15 is 0 Å². The van der Waals surface area contributed by atoms with Gasteiger partial charge < -0.3 is 14.3 Å². The number of hydrogen-bond acceptors (Lipinski definition) is 2. The highest BCUT2D eigenvalue weighted by Gasteiger charge is 2.13. The van der Waals surface area contributed by atoms with Gasteiger partial charge in [-0.3, -0.25) is 4.79 Å². The van der Waals surface area contributed by atoms with E-state index in [-0.39, 0.29) is 11.7 Å². The highest BCUT2D eigenvalue weighted by Crippen LogP contribution is 2.19. The molecule has 1 N–H and O–H groups in total. The maximum Gasteiger partial charge on any atom is 0.267 e. The Morgan fingerprint density at radius 2 is 2.19 bits per heavy atom. The summed E-state index contributed by atoms with van der Waals surface area (Å²) < 4.78 is 20.2. The van der Waals surface area contributed by atoms with Crippen LogP contribution in [-0.2, 0) is 13.5 Å². The minimum absolute atomic E-state index is 0.180. The number of carbonyl (C=O) groups excluding carboxylic acids is 1. The zero-order valence-electron chi connectivity index (χ0n) is 11.6. The number of benzene rings is 1. The van der Waals surface area contributed by atoms with Crippen molar-refractivity contribution in [1.82, 2.24) is 9.88 Å². The smallest absolute Gasteiger partial charge is 0.267 e. The Labute approximate surface area is 121 Å². The number of halogens is 1. The summed E-state index contributed by atoms with van der Waals surface area (Å²) in [6, 6.07) is 9.93. The molecule has 0 aliphatic carbocycles. The van der Waals surface area contributed by atoms with Gasteiger partial charge >= 0.3 is 0 Å². The van der Waals surface area contributed by atoms with Crippen LogP contribution in [0.25, 0.3) is 10.9 Å². The molecule has 0 aliphatic heterocycles. The molecule has 1 aromatic carbocycles. The molecule has 1 amide bonds. The van der Waals surface area contributed by atoms with E-state index in [2.05, 4.69) is 5.32 Å². The molecule has 2 heterocycles. The van der Waals surface area contributed by atoms with Gasteiger partial charge in [-0.2, -0.15) is 0 Å². The third-order valence-corrected chi connectivity index (χ3v) is 3.48. The Hall–Kier alpha value is -2.56. The molecule has 108 valence electrons. The van der Waals surface area contributed by atoms with Crippen LogP contribution in [0, 0.1) is 5.82 Å². The summed E-state index contributed by atoms with van der Waals surface area (Å²) in [7, 11) is 1.75. The van der Waals surface area contributed by atoms with Gasteiger partial charge in [0.2, 0.25) is 0 Å². The lowest BCUT2D eigenvalue weighted by Gasteiger charge is -2.05. The Kier molecular flexibility index (Phi) is 3.48. The quantitative estimate of drug-likeness (QED) is 0.801. The molecule has 0 saturated carbocycles. The lowest BCUT2D eigenvalue weighted by molar-refractivity contribution is 0.0946. The Balaban J connectivity index is 1.73. The Bertz CT molecular complexity index is 775. The number of aryl methyl sites for hydroxylation is 1. The summed E-state index contributed by atoms with van der Waals surface area (Å²) in [5.74, 6) is 0.337. The van der Waals surface area contributed by atoms with Gasteiger partial charge in [-0.1, -0.05) is 0 Å². The van der Waals surface area contributed by atoms with Crippen molar-refractivity contribution < 1.29 is 13.6 Å². The molecule has 0 radical (unpaired) electrons. The summed E-state index contributed by atoms with van der Waals surface area (Å²) in [6.07, 6.45) is 2.24. The van der Waals surface area contributed by atoms with E-state index in [0.29, 0.717) is 24.2 Å². The molecule has 4 nitrogen and oxygen atoms in total. The number of nitrogens with zero attached hydrogens (tertiary/aromatic N) is 1. The number of furan rings is 1. The van der Waals surface area contributed by atoms with Crippen molar-refractivity contribution >= 4 is 16.8 Å². The van der Waals surface area contributed by atoms with Crippen molar-refractivity contribution in [3.8, 4) is 0 Å². The lowest BCUT2D eigenvalue weighted by Crippen LogP contribution is -2.27. The van der Waals surface area contributed by atoms with Crippen LogP contribution >= 0.6 is 0 Å². The number of aromatic nitrogens is 1. The Morgan fingerprint density at radius 3 is 2.95 bits per heavy atom. The number of amides is 1. The predicted octanol–water partition coefficient (Wildman–Crippen LogP) is 2.88. The van der Waals surface area contributed by atoms with Gasteiger partial charge in [0.25, 0.3) is 5.91 Å². The van der Waals surface area contributed by atoms with Crippen molar-refractivity contribution in [2.45, 2.75) is 6.42 Å². The van der Waals surface area contributed by atoms with Gasteiger partial charge in [0.1, 0.15) is 17.3 Å². The SMILES string of the molecule is Cn1c(C(=O)NCCc2ccco2)cc2ccc(F)cc21. The van der Waals surface area contributed by atoms with Crippen molar-refractivity contribution in [3.05, 3.63) is 59.9 Å². The fraction of sp³-hybridized carbons (Fsp3) is 0.188. The van der Waals surface area contributed by atoms with E-state index in [1.54, 1.807) is 30.0 Å². The lowest BCUT2D eigenvalue weighted by atomic mass is 10.2. The van der Waals surface area contributed by atoms with Crippen LogP contribution in [0.4, 0.5) is 4.39 Å². The summed E-state index contributed by atoms with van der Waals surface area (Å²) in [5.41, 5.74) is 1.21. The molecule has 5 heteroatoms.